The van der Waals surface area contributed by atoms with Gasteiger partial charge in [0.25, 0.3) is 6.01 Å². The first kappa shape index (κ1) is 16.9. The van der Waals surface area contributed by atoms with Gasteiger partial charge >= 0.3 is 0 Å². The Bertz CT molecular complexity index is 975. The minimum atomic E-state index is -0.168. The van der Waals surface area contributed by atoms with Gasteiger partial charge < -0.3 is 19.2 Å². The highest BCUT2D eigenvalue weighted by Gasteiger charge is 2.43. The summed E-state index contributed by atoms with van der Waals surface area (Å²) in [7, 11) is 0. The Kier molecular flexibility index (Phi) is 4.22. The number of halogens is 1. The lowest BCUT2D eigenvalue weighted by Gasteiger charge is -2.15. The van der Waals surface area contributed by atoms with Crippen LogP contribution in [0.2, 0.25) is 5.02 Å². The molecule has 0 bridgehead atoms. The van der Waals surface area contributed by atoms with Crippen molar-refractivity contribution in [3.8, 4) is 17.3 Å². The molecule has 2 saturated heterocycles. The molecule has 3 atom stereocenters. The number of ether oxygens (including phenoxy) is 3. The number of fused-ring (bicyclic) bond motifs is 2. The number of hydrogen-bond donors (Lipinski definition) is 1. The Balaban J connectivity index is 1.43. The van der Waals surface area contributed by atoms with Gasteiger partial charge in [-0.05, 0) is 31.0 Å². The summed E-state index contributed by atoms with van der Waals surface area (Å²) in [5, 5.41) is 0.534. The normalized spacial score (nSPS) is 24.4. The van der Waals surface area contributed by atoms with Gasteiger partial charge in [-0.2, -0.15) is 4.98 Å². The van der Waals surface area contributed by atoms with Gasteiger partial charge in [-0.1, -0.05) is 18.5 Å². The molecule has 0 aromatic carbocycles. The van der Waals surface area contributed by atoms with Crippen molar-refractivity contribution < 1.29 is 14.2 Å². The predicted octanol–water partition coefficient (Wildman–Crippen LogP) is 3.17. The molecule has 0 aliphatic carbocycles. The summed E-state index contributed by atoms with van der Waals surface area (Å²) in [6.45, 7) is 3.28. The Morgan fingerprint density at radius 3 is 3.04 bits per heavy atom. The first-order valence-electron chi connectivity index (χ1n) is 9.12. The van der Waals surface area contributed by atoms with Gasteiger partial charge in [0.2, 0.25) is 0 Å². The zero-order chi connectivity index (χ0) is 18.4. The van der Waals surface area contributed by atoms with Crippen LogP contribution in [0.1, 0.15) is 19.0 Å². The third-order valence-electron chi connectivity index (χ3n) is 5.05. The molecule has 0 spiro atoms. The third-order valence-corrected chi connectivity index (χ3v) is 5.34. The number of pyridine rings is 2. The fourth-order valence-corrected chi connectivity index (χ4v) is 3.86. The number of rotatable bonds is 4. The van der Waals surface area contributed by atoms with Gasteiger partial charge in [-0.25, -0.2) is 4.98 Å². The maximum Gasteiger partial charge on any atom is 0.296 e. The standard InChI is InChI=1S/C19H19ClN4O3/c1-2-11-4-3-10(8-21-11)16-12(20)7-13-18(23-16)24-19(22-13)27-15-9-26-14-5-6-25-17(14)15/h3-4,7-8,14-15,17H,2,5-6,9H2,1H3,(H,22,23,24)/t14-,15?,17+/m1/s1. The van der Waals surface area contributed by atoms with Crippen molar-refractivity contribution in [2.45, 2.75) is 38.1 Å². The van der Waals surface area contributed by atoms with E-state index in [2.05, 4.69) is 26.9 Å². The zero-order valence-electron chi connectivity index (χ0n) is 14.8. The average Bonchev–Trinajstić information content (AvgIpc) is 3.38. The van der Waals surface area contributed by atoms with E-state index in [0.717, 1.165) is 29.6 Å². The molecule has 0 amide bonds. The summed E-state index contributed by atoms with van der Waals surface area (Å²) >= 11 is 6.45. The van der Waals surface area contributed by atoms with Crippen molar-refractivity contribution in [1.29, 1.82) is 0 Å². The molecule has 1 N–H and O–H groups in total. The minimum Gasteiger partial charge on any atom is -0.456 e. The van der Waals surface area contributed by atoms with Gasteiger partial charge in [0, 0.05) is 24.1 Å². The van der Waals surface area contributed by atoms with Gasteiger partial charge in [-0.15, -0.1) is 0 Å². The second-order valence-corrected chi connectivity index (χ2v) is 7.18. The fraction of sp³-hybridized carbons (Fsp3) is 0.421. The number of imidazole rings is 1. The molecule has 5 rings (SSSR count). The smallest absolute Gasteiger partial charge is 0.296 e. The molecule has 1 unspecified atom stereocenters. The van der Waals surface area contributed by atoms with E-state index >= 15 is 0 Å². The Morgan fingerprint density at radius 2 is 2.22 bits per heavy atom. The second kappa shape index (κ2) is 6.74. The van der Waals surface area contributed by atoms with Crippen molar-refractivity contribution in [2.24, 2.45) is 0 Å². The Hall–Kier alpha value is -2.22. The van der Waals surface area contributed by atoms with E-state index in [1.165, 1.54) is 0 Å². The van der Waals surface area contributed by atoms with E-state index in [1.807, 2.05) is 18.2 Å². The predicted molar refractivity (Wildman–Crippen MR) is 100 cm³/mol. The first-order valence-corrected chi connectivity index (χ1v) is 9.50. The van der Waals surface area contributed by atoms with E-state index in [4.69, 9.17) is 25.8 Å². The molecule has 140 valence electrons. The van der Waals surface area contributed by atoms with Gasteiger partial charge in [0.05, 0.1) is 28.9 Å². The third kappa shape index (κ3) is 3.05. The second-order valence-electron chi connectivity index (χ2n) is 6.78. The van der Waals surface area contributed by atoms with E-state index in [-0.39, 0.29) is 18.3 Å². The van der Waals surface area contributed by atoms with E-state index < -0.39 is 0 Å². The van der Waals surface area contributed by atoms with Gasteiger partial charge in [-0.3, -0.25) is 4.98 Å². The summed E-state index contributed by atoms with van der Waals surface area (Å²) in [5.74, 6) is 0. The quantitative estimate of drug-likeness (QED) is 0.741. The van der Waals surface area contributed by atoms with Crippen LogP contribution in [0.3, 0.4) is 0 Å². The Labute approximate surface area is 161 Å². The van der Waals surface area contributed by atoms with Crippen LogP contribution in [0.25, 0.3) is 22.4 Å². The molecule has 2 fully saturated rings. The highest BCUT2D eigenvalue weighted by molar-refractivity contribution is 6.33. The lowest BCUT2D eigenvalue weighted by atomic mass is 10.1. The number of aromatic amines is 1. The number of aromatic nitrogens is 4. The molecule has 7 nitrogen and oxygen atoms in total. The van der Waals surface area contributed by atoms with Crippen LogP contribution in [0.15, 0.2) is 24.4 Å². The van der Waals surface area contributed by atoms with Crippen molar-refractivity contribution in [2.75, 3.05) is 13.2 Å². The monoisotopic (exact) mass is 386 g/mol. The average molecular weight is 387 g/mol. The van der Waals surface area contributed by atoms with Crippen LogP contribution < -0.4 is 4.74 Å². The summed E-state index contributed by atoms with van der Waals surface area (Å²) < 4.78 is 17.4. The molecular formula is C19H19ClN4O3. The molecule has 2 aliphatic heterocycles. The maximum atomic E-state index is 6.45. The number of hydrogen-bond acceptors (Lipinski definition) is 6. The SMILES string of the molecule is CCc1ccc(-c2nc3nc(OC4CO[C@@H]5CCO[C@H]45)[nH]c3cc2Cl)cn1. The summed E-state index contributed by atoms with van der Waals surface area (Å²) in [4.78, 5) is 16.6. The van der Waals surface area contributed by atoms with Gasteiger partial charge in [0.1, 0.15) is 6.10 Å². The molecule has 2 aliphatic rings. The Morgan fingerprint density at radius 1 is 1.30 bits per heavy atom. The molecule has 0 radical (unpaired) electrons. The topological polar surface area (TPSA) is 82.2 Å². The number of aryl methyl sites for hydroxylation is 1. The molecule has 0 saturated carbocycles. The van der Waals surface area contributed by atoms with E-state index in [9.17, 15) is 0 Å². The highest BCUT2D eigenvalue weighted by atomic mass is 35.5. The van der Waals surface area contributed by atoms with Crippen LogP contribution in [0.5, 0.6) is 6.01 Å². The van der Waals surface area contributed by atoms with Crippen molar-refractivity contribution in [3.05, 3.63) is 35.1 Å². The lowest BCUT2D eigenvalue weighted by Crippen LogP contribution is -2.32. The van der Waals surface area contributed by atoms with E-state index in [1.54, 1.807) is 6.20 Å². The molecule has 3 aromatic heterocycles. The van der Waals surface area contributed by atoms with E-state index in [0.29, 0.717) is 35.6 Å². The fourth-order valence-electron chi connectivity index (χ4n) is 3.60. The maximum absolute atomic E-state index is 6.45. The highest BCUT2D eigenvalue weighted by Crippen LogP contribution is 2.31. The summed E-state index contributed by atoms with van der Waals surface area (Å²) in [5.41, 5.74) is 3.81. The molecular weight excluding hydrogens is 368 g/mol. The first-order chi connectivity index (χ1) is 13.2. The van der Waals surface area contributed by atoms with Crippen molar-refractivity contribution >= 4 is 22.8 Å². The summed E-state index contributed by atoms with van der Waals surface area (Å²) in [6, 6.07) is 6.17. The van der Waals surface area contributed by atoms with Crippen molar-refractivity contribution in [1.82, 2.24) is 19.9 Å². The van der Waals surface area contributed by atoms with Crippen molar-refractivity contribution in [3.63, 3.8) is 0 Å². The van der Waals surface area contributed by atoms with Gasteiger partial charge in [0.15, 0.2) is 11.8 Å². The molecule has 27 heavy (non-hydrogen) atoms. The van der Waals surface area contributed by atoms with Crippen LogP contribution in [-0.4, -0.2) is 51.5 Å². The van der Waals surface area contributed by atoms with Crippen LogP contribution in [0, 0.1) is 0 Å². The van der Waals surface area contributed by atoms with Crippen LogP contribution >= 0.6 is 11.6 Å². The lowest BCUT2D eigenvalue weighted by molar-refractivity contribution is 0.0273. The summed E-state index contributed by atoms with van der Waals surface area (Å²) in [6.07, 6.45) is 3.51. The minimum absolute atomic E-state index is 0.0338. The van der Waals surface area contributed by atoms with Crippen LogP contribution in [0.4, 0.5) is 0 Å². The molecule has 5 heterocycles. The largest absolute Gasteiger partial charge is 0.456 e. The van der Waals surface area contributed by atoms with Crippen LogP contribution in [-0.2, 0) is 15.9 Å². The number of H-pyrrole nitrogens is 1. The number of nitrogens with zero attached hydrogens (tertiary/aromatic N) is 3. The number of nitrogens with one attached hydrogen (secondary N) is 1. The zero-order valence-corrected chi connectivity index (χ0v) is 15.6. The molecule has 3 aromatic rings. The molecule has 8 heteroatoms.